The van der Waals surface area contributed by atoms with Crippen molar-refractivity contribution in [3.05, 3.63) is 113 Å². The fourth-order valence-corrected chi connectivity index (χ4v) is 6.12. The highest BCUT2D eigenvalue weighted by Crippen LogP contribution is 2.20. The van der Waals surface area contributed by atoms with Gasteiger partial charge in [0.2, 0.25) is 0 Å². The van der Waals surface area contributed by atoms with E-state index in [2.05, 4.69) is 17.4 Å². The standard InChI is InChI=1S/C43H53NO4/c45-41(38-21-17-15-18-22-38)32-27-36-25-30-39(31-26-36)48-33-19-14-12-10-8-6-4-2-1-3-5-7-9-11-13-16-20-35-23-28-37(29-24-35)40-34-42(46)44-43(40)47/h15,17-18,21-32,34H,1-14,16,19-20,33H2,(H,44,46,47). The third kappa shape index (κ3) is 13.9. The normalized spacial score (nSPS) is 12.8. The van der Waals surface area contributed by atoms with E-state index >= 15 is 0 Å². The molecule has 1 heterocycles. The molecule has 0 saturated heterocycles. The molecule has 0 fully saturated rings. The van der Waals surface area contributed by atoms with Gasteiger partial charge in [-0.1, -0.05) is 163 Å². The van der Waals surface area contributed by atoms with Gasteiger partial charge in [-0.2, -0.15) is 0 Å². The maximum Gasteiger partial charge on any atom is 0.258 e. The zero-order valence-corrected chi connectivity index (χ0v) is 28.6. The first-order valence-electron chi connectivity index (χ1n) is 18.3. The molecule has 5 heteroatoms. The third-order valence-electron chi connectivity index (χ3n) is 9.02. The molecular weight excluding hydrogens is 594 g/mol. The van der Waals surface area contributed by atoms with E-state index in [1.807, 2.05) is 72.8 Å². The lowest BCUT2D eigenvalue weighted by molar-refractivity contribution is -0.123. The van der Waals surface area contributed by atoms with Gasteiger partial charge in [0.25, 0.3) is 11.8 Å². The molecule has 0 aliphatic carbocycles. The maximum absolute atomic E-state index is 12.2. The van der Waals surface area contributed by atoms with Crippen LogP contribution in [0.1, 0.15) is 130 Å². The Labute approximate surface area is 287 Å². The minimum Gasteiger partial charge on any atom is -0.494 e. The van der Waals surface area contributed by atoms with Crippen molar-refractivity contribution in [2.45, 2.75) is 109 Å². The summed E-state index contributed by atoms with van der Waals surface area (Å²) in [5.41, 5.74) is 4.25. The molecule has 48 heavy (non-hydrogen) atoms. The molecule has 254 valence electrons. The van der Waals surface area contributed by atoms with Crippen LogP contribution in [0.25, 0.3) is 11.6 Å². The number of hydrogen-bond donors (Lipinski definition) is 1. The van der Waals surface area contributed by atoms with E-state index in [4.69, 9.17) is 4.74 Å². The summed E-state index contributed by atoms with van der Waals surface area (Å²) in [5.74, 6) is 0.256. The Kier molecular flexibility index (Phi) is 16.5. The van der Waals surface area contributed by atoms with Crippen molar-refractivity contribution in [3.8, 4) is 5.75 Å². The van der Waals surface area contributed by atoms with E-state index in [-0.39, 0.29) is 17.6 Å². The maximum atomic E-state index is 12.2. The second kappa shape index (κ2) is 21.6. The van der Waals surface area contributed by atoms with Gasteiger partial charge in [0.15, 0.2) is 5.78 Å². The van der Waals surface area contributed by atoms with Crippen LogP contribution in [-0.4, -0.2) is 24.2 Å². The summed E-state index contributed by atoms with van der Waals surface area (Å²) < 4.78 is 5.91. The monoisotopic (exact) mass is 647 g/mol. The number of aryl methyl sites for hydroxylation is 1. The number of ether oxygens (including phenoxy) is 1. The Morgan fingerprint density at radius 1 is 0.604 bits per heavy atom. The minimum atomic E-state index is -0.332. The average Bonchev–Trinajstić information content (AvgIpc) is 3.46. The molecule has 0 saturated carbocycles. The van der Waals surface area contributed by atoms with E-state index in [0.717, 1.165) is 36.3 Å². The van der Waals surface area contributed by atoms with E-state index in [0.29, 0.717) is 11.1 Å². The van der Waals surface area contributed by atoms with Crippen molar-refractivity contribution in [1.82, 2.24) is 5.32 Å². The quantitative estimate of drug-likeness (QED) is 0.0454. The van der Waals surface area contributed by atoms with Gasteiger partial charge in [-0.05, 0) is 54.2 Å². The molecule has 1 aliphatic heterocycles. The number of imide groups is 1. The lowest BCUT2D eigenvalue weighted by Crippen LogP contribution is -2.21. The summed E-state index contributed by atoms with van der Waals surface area (Å²) in [5, 5.41) is 2.30. The predicted molar refractivity (Wildman–Crippen MR) is 197 cm³/mol. The molecular formula is C43H53NO4. The average molecular weight is 648 g/mol. The molecule has 2 amide bonds. The molecule has 0 atom stereocenters. The lowest BCUT2D eigenvalue weighted by atomic mass is 10.0. The largest absolute Gasteiger partial charge is 0.494 e. The van der Waals surface area contributed by atoms with Crippen LogP contribution in [0.15, 0.2) is 91.0 Å². The Bertz CT molecular complexity index is 1450. The van der Waals surface area contributed by atoms with Crippen LogP contribution in [0.4, 0.5) is 0 Å². The van der Waals surface area contributed by atoms with Crippen molar-refractivity contribution < 1.29 is 19.1 Å². The van der Waals surface area contributed by atoms with Gasteiger partial charge in [-0.3, -0.25) is 19.7 Å². The van der Waals surface area contributed by atoms with Crippen LogP contribution in [0.2, 0.25) is 0 Å². The molecule has 1 aliphatic rings. The van der Waals surface area contributed by atoms with Gasteiger partial charge in [-0.25, -0.2) is 0 Å². The summed E-state index contributed by atoms with van der Waals surface area (Å²) in [6.45, 7) is 0.754. The molecule has 0 spiro atoms. The van der Waals surface area contributed by atoms with Crippen molar-refractivity contribution >= 4 is 29.2 Å². The zero-order chi connectivity index (χ0) is 33.7. The van der Waals surface area contributed by atoms with Gasteiger partial charge in [-0.15, -0.1) is 0 Å². The number of hydrogen-bond acceptors (Lipinski definition) is 4. The number of rotatable bonds is 24. The molecule has 0 unspecified atom stereocenters. The Hall–Kier alpha value is -4.25. The SMILES string of the molecule is O=C1C=C(c2ccc(CCCCCCCCCCCCCCCCCCOc3ccc(C=CC(=O)c4ccccc4)cc3)cc2)C(=O)N1. The molecule has 0 aromatic heterocycles. The summed E-state index contributed by atoms with van der Waals surface area (Å²) >= 11 is 0. The molecule has 4 rings (SSSR count). The number of carbonyl (C=O) groups excluding carboxylic acids is 3. The molecule has 0 radical (unpaired) electrons. The summed E-state index contributed by atoms with van der Waals surface area (Å²) in [4.78, 5) is 35.4. The topological polar surface area (TPSA) is 72.5 Å². The van der Waals surface area contributed by atoms with Gasteiger partial charge in [0.05, 0.1) is 12.2 Å². The van der Waals surface area contributed by atoms with Gasteiger partial charge >= 0.3 is 0 Å². The van der Waals surface area contributed by atoms with Crippen molar-refractivity contribution in [1.29, 1.82) is 0 Å². The number of nitrogens with one attached hydrogen (secondary N) is 1. The molecule has 3 aromatic carbocycles. The smallest absolute Gasteiger partial charge is 0.258 e. The fraction of sp³-hybridized carbons (Fsp3) is 0.419. The number of allylic oxidation sites excluding steroid dienone is 1. The minimum absolute atomic E-state index is 0.0111. The number of unbranched alkanes of at least 4 members (excludes halogenated alkanes) is 15. The van der Waals surface area contributed by atoms with Crippen molar-refractivity contribution in [3.63, 3.8) is 0 Å². The second-order valence-electron chi connectivity index (χ2n) is 13.0. The number of benzene rings is 3. The van der Waals surface area contributed by atoms with Crippen LogP contribution in [0.3, 0.4) is 0 Å². The zero-order valence-electron chi connectivity index (χ0n) is 28.6. The first kappa shape index (κ1) is 36.6. The van der Waals surface area contributed by atoms with E-state index in [9.17, 15) is 14.4 Å². The fourth-order valence-electron chi connectivity index (χ4n) is 6.12. The van der Waals surface area contributed by atoms with E-state index in [1.165, 1.54) is 108 Å². The van der Waals surface area contributed by atoms with Crippen LogP contribution < -0.4 is 10.1 Å². The summed E-state index contributed by atoms with van der Waals surface area (Å²) in [7, 11) is 0. The van der Waals surface area contributed by atoms with E-state index in [1.54, 1.807) is 6.08 Å². The lowest BCUT2D eigenvalue weighted by Gasteiger charge is -2.07. The van der Waals surface area contributed by atoms with Crippen LogP contribution in [0, 0.1) is 0 Å². The van der Waals surface area contributed by atoms with E-state index < -0.39 is 0 Å². The molecule has 0 bridgehead atoms. The first-order valence-corrected chi connectivity index (χ1v) is 18.3. The van der Waals surface area contributed by atoms with Gasteiger partial charge < -0.3 is 4.74 Å². The Balaban J connectivity index is 0.878. The molecule has 5 nitrogen and oxygen atoms in total. The highest BCUT2D eigenvalue weighted by atomic mass is 16.5. The highest BCUT2D eigenvalue weighted by molar-refractivity contribution is 6.33. The summed E-state index contributed by atoms with van der Waals surface area (Å²) in [6, 6.07) is 25.3. The van der Waals surface area contributed by atoms with Crippen molar-refractivity contribution in [2.24, 2.45) is 0 Å². The van der Waals surface area contributed by atoms with Gasteiger partial charge in [0.1, 0.15) is 5.75 Å². The second-order valence-corrected chi connectivity index (χ2v) is 13.0. The van der Waals surface area contributed by atoms with Crippen LogP contribution in [-0.2, 0) is 16.0 Å². The highest BCUT2D eigenvalue weighted by Gasteiger charge is 2.21. The first-order chi connectivity index (χ1) is 23.6. The molecule has 3 aromatic rings. The number of ketones is 1. The van der Waals surface area contributed by atoms with Crippen LogP contribution >= 0.6 is 0 Å². The number of amides is 2. The Morgan fingerprint density at radius 3 is 1.69 bits per heavy atom. The Morgan fingerprint density at radius 2 is 1.15 bits per heavy atom. The number of carbonyl (C=O) groups is 3. The van der Waals surface area contributed by atoms with Crippen LogP contribution in [0.5, 0.6) is 5.75 Å². The van der Waals surface area contributed by atoms with Crippen molar-refractivity contribution in [2.75, 3.05) is 6.61 Å². The predicted octanol–water partition coefficient (Wildman–Crippen LogP) is 10.5. The summed E-state index contributed by atoms with van der Waals surface area (Å²) in [6.07, 6.45) is 26.9. The molecule has 1 N–H and O–H groups in total. The third-order valence-corrected chi connectivity index (χ3v) is 9.02. The van der Waals surface area contributed by atoms with Gasteiger partial charge in [0, 0.05) is 11.6 Å².